The molecule has 0 radical (unpaired) electrons. The van der Waals surface area contributed by atoms with Gasteiger partial charge in [0.1, 0.15) is 17.5 Å². The van der Waals surface area contributed by atoms with Crippen molar-refractivity contribution in [1.82, 2.24) is 10.2 Å². The Morgan fingerprint density at radius 2 is 1.81 bits per heavy atom. The first kappa shape index (κ1) is 25.2. The van der Waals surface area contributed by atoms with E-state index in [1.807, 2.05) is 84.0 Å². The summed E-state index contributed by atoms with van der Waals surface area (Å²) in [6.07, 6.45) is 0.487. The maximum absolute atomic E-state index is 13.3. The van der Waals surface area contributed by atoms with E-state index in [-0.39, 0.29) is 25.0 Å². The number of amides is 2. The zero-order chi connectivity index (χ0) is 23.9. The van der Waals surface area contributed by atoms with Crippen molar-refractivity contribution in [3.05, 3.63) is 59.2 Å². The molecular weight excluding hydrogens is 404 g/mol. The van der Waals surface area contributed by atoms with Crippen molar-refractivity contribution in [2.45, 2.75) is 66.1 Å². The predicted molar refractivity (Wildman–Crippen MR) is 127 cm³/mol. The third kappa shape index (κ3) is 7.29. The predicted octanol–water partition coefficient (Wildman–Crippen LogP) is 4.41. The molecule has 0 saturated heterocycles. The minimum atomic E-state index is -0.615. The summed E-state index contributed by atoms with van der Waals surface area (Å²) in [7, 11) is 1.60. The first-order valence-corrected chi connectivity index (χ1v) is 11.0. The van der Waals surface area contributed by atoms with Crippen molar-refractivity contribution in [3.63, 3.8) is 0 Å². The summed E-state index contributed by atoms with van der Waals surface area (Å²) in [5.41, 5.74) is 2.58. The summed E-state index contributed by atoms with van der Waals surface area (Å²) >= 11 is 0. The molecule has 0 unspecified atom stereocenters. The molecule has 1 atom stereocenters. The van der Waals surface area contributed by atoms with E-state index in [0.717, 1.165) is 16.7 Å². The van der Waals surface area contributed by atoms with Crippen LogP contribution in [0.1, 0.15) is 50.8 Å². The van der Waals surface area contributed by atoms with E-state index in [4.69, 9.17) is 9.47 Å². The van der Waals surface area contributed by atoms with Crippen molar-refractivity contribution in [2.24, 2.45) is 0 Å². The Balaban J connectivity index is 2.28. The average Bonchev–Trinajstić information content (AvgIpc) is 2.71. The van der Waals surface area contributed by atoms with Crippen LogP contribution in [0.4, 0.5) is 0 Å². The van der Waals surface area contributed by atoms with Gasteiger partial charge in [-0.05, 0) is 70.4 Å². The number of nitrogens with one attached hydrogen (secondary N) is 1. The molecule has 2 amide bonds. The number of carbonyl (C=O) groups is 2. The van der Waals surface area contributed by atoms with E-state index in [0.29, 0.717) is 17.9 Å². The molecule has 2 aromatic carbocycles. The molecule has 0 heterocycles. The highest BCUT2D eigenvalue weighted by Crippen LogP contribution is 2.21. The van der Waals surface area contributed by atoms with Crippen molar-refractivity contribution in [2.75, 3.05) is 13.7 Å². The lowest BCUT2D eigenvalue weighted by Crippen LogP contribution is -2.54. The van der Waals surface area contributed by atoms with Crippen LogP contribution in [0.2, 0.25) is 0 Å². The largest absolute Gasteiger partial charge is 0.497 e. The van der Waals surface area contributed by atoms with Gasteiger partial charge in [0.15, 0.2) is 6.61 Å². The Kier molecular flexibility index (Phi) is 8.70. The molecule has 2 rings (SSSR count). The molecule has 0 saturated carbocycles. The number of aryl methyl sites for hydroxylation is 2. The molecule has 32 heavy (non-hydrogen) atoms. The van der Waals surface area contributed by atoms with Gasteiger partial charge >= 0.3 is 0 Å². The standard InChI is InChI=1S/C26H36N2O4/c1-8-22(25(30)27-26(4,5)6)28(16-20-10-9-11-21(15-20)31-7)24(29)17-32-23-13-12-18(2)14-19(23)3/h9-15,22H,8,16-17H2,1-7H3,(H,27,30)/t22-/m0/s1. The molecule has 6 nitrogen and oxygen atoms in total. The summed E-state index contributed by atoms with van der Waals surface area (Å²) in [5, 5.41) is 3.00. The van der Waals surface area contributed by atoms with Gasteiger partial charge in [-0.1, -0.05) is 36.8 Å². The molecule has 2 aromatic rings. The van der Waals surface area contributed by atoms with Gasteiger partial charge < -0.3 is 19.7 Å². The molecule has 0 aliphatic carbocycles. The van der Waals surface area contributed by atoms with E-state index in [1.54, 1.807) is 12.0 Å². The molecule has 0 fully saturated rings. The van der Waals surface area contributed by atoms with Gasteiger partial charge in [0.2, 0.25) is 5.91 Å². The van der Waals surface area contributed by atoms with Crippen LogP contribution in [-0.2, 0) is 16.1 Å². The van der Waals surface area contributed by atoms with Crippen LogP contribution in [0.5, 0.6) is 11.5 Å². The van der Waals surface area contributed by atoms with Gasteiger partial charge in [0.05, 0.1) is 7.11 Å². The summed E-state index contributed by atoms with van der Waals surface area (Å²) in [6.45, 7) is 11.8. The van der Waals surface area contributed by atoms with E-state index in [2.05, 4.69) is 5.32 Å². The zero-order valence-electron chi connectivity index (χ0n) is 20.3. The Hall–Kier alpha value is -3.02. The summed E-state index contributed by atoms with van der Waals surface area (Å²) in [5.74, 6) is 0.942. The van der Waals surface area contributed by atoms with Crippen molar-refractivity contribution >= 4 is 11.8 Å². The van der Waals surface area contributed by atoms with Gasteiger partial charge in [-0.15, -0.1) is 0 Å². The summed E-state index contributed by atoms with van der Waals surface area (Å²) < 4.78 is 11.2. The monoisotopic (exact) mass is 440 g/mol. The third-order valence-corrected chi connectivity index (χ3v) is 5.05. The fourth-order valence-corrected chi connectivity index (χ4v) is 3.52. The SMILES string of the molecule is CC[C@@H](C(=O)NC(C)(C)C)N(Cc1cccc(OC)c1)C(=O)COc1ccc(C)cc1C. The molecule has 6 heteroatoms. The maximum Gasteiger partial charge on any atom is 0.261 e. The van der Waals surface area contributed by atoms with Crippen LogP contribution in [0.25, 0.3) is 0 Å². The zero-order valence-corrected chi connectivity index (χ0v) is 20.3. The number of methoxy groups -OCH3 is 1. The van der Waals surface area contributed by atoms with Gasteiger partial charge in [0, 0.05) is 12.1 Å². The van der Waals surface area contributed by atoms with E-state index < -0.39 is 11.6 Å². The lowest BCUT2D eigenvalue weighted by Gasteiger charge is -2.33. The van der Waals surface area contributed by atoms with Gasteiger partial charge in [0.25, 0.3) is 5.91 Å². The fourth-order valence-electron chi connectivity index (χ4n) is 3.52. The number of rotatable bonds is 9. The quantitative estimate of drug-likeness (QED) is 0.627. The first-order valence-electron chi connectivity index (χ1n) is 11.0. The second-order valence-electron chi connectivity index (χ2n) is 9.09. The number of hydrogen-bond acceptors (Lipinski definition) is 4. The molecule has 0 aromatic heterocycles. The van der Waals surface area contributed by atoms with Crippen LogP contribution in [0.15, 0.2) is 42.5 Å². The number of nitrogens with zero attached hydrogens (tertiary/aromatic N) is 1. The highest BCUT2D eigenvalue weighted by molar-refractivity contribution is 5.88. The minimum absolute atomic E-state index is 0.146. The Morgan fingerprint density at radius 1 is 1.09 bits per heavy atom. The second-order valence-corrected chi connectivity index (χ2v) is 9.09. The smallest absolute Gasteiger partial charge is 0.261 e. The number of hydrogen-bond donors (Lipinski definition) is 1. The topological polar surface area (TPSA) is 67.9 Å². The Bertz CT molecular complexity index is 934. The summed E-state index contributed by atoms with van der Waals surface area (Å²) in [6, 6.07) is 12.7. The van der Waals surface area contributed by atoms with Gasteiger partial charge in [-0.3, -0.25) is 9.59 Å². The number of benzene rings is 2. The molecule has 0 aliphatic rings. The number of ether oxygens (including phenoxy) is 2. The van der Waals surface area contributed by atoms with Crippen LogP contribution < -0.4 is 14.8 Å². The third-order valence-electron chi connectivity index (χ3n) is 5.05. The highest BCUT2D eigenvalue weighted by Gasteiger charge is 2.31. The molecule has 0 bridgehead atoms. The average molecular weight is 441 g/mol. The first-order chi connectivity index (χ1) is 15.0. The Morgan fingerprint density at radius 3 is 2.41 bits per heavy atom. The number of carbonyl (C=O) groups excluding carboxylic acids is 2. The Labute approximate surface area is 191 Å². The van der Waals surface area contributed by atoms with E-state index >= 15 is 0 Å². The lowest BCUT2D eigenvalue weighted by atomic mass is 10.1. The van der Waals surface area contributed by atoms with Crippen molar-refractivity contribution in [3.8, 4) is 11.5 Å². The lowest BCUT2D eigenvalue weighted by molar-refractivity contribution is -0.143. The normalized spacial score (nSPS) is 12.1. The van der Waals surface area contributed by atoms with Gasteiger partial charge in [-0.2, -0.15) is 0 Å². The van der Waals surface area contributed by atoms with Crippen molar-refractivity contribution < 1.29 is 19.1 Å². The molecular formula is C26H36N2O4. The van der Waals surface area contributed by atoms with E-state index in [1.165, 1.54) is 0 Å². The van der Waals surface area contributed by atoms with Crippen LogP contribution in [0.3, 0.4) is 0 Å². The van der Waals surface area contributed by atoms with Crippen LogP contribution >= 0.6 is 0 Å². The molecule has 174 valence electrons. The molecule has 0 aliphatic heterocycles. The van der Waals surface area contributed by atoms with Crippen molar-refractivity contribution in [1.29, 1.82) is 0 Å². The van der Waals surface area contributed by atoms with Crippen LogP contribution in [-0.4, -0.2) is 42.0 Å². The molecule has 0 spiro atoms. The molecule has 1 N–H and O–H groups in total. The van der Waals surface area contributed by atoms with E-state index in [9.17, 15) is 9.59 Å². The maximum atomic E-state index is 13.3. The second kappa shape index (κ2) is 11.0. The summed E-state index contributed by atoms with van der Waals surface area (Å²) in [4.78, 5) is 28.0. The van der Waals surface area contributed by atoms with Crippen LogP contribution in [0, 0.1) is 13.8 Å². The van der Waals surface area contributed by atoms with Gasteiger partial charge in [-0.25, -0.2) is 0 Å². The fraction of sp³-hybridized carbons (Fsp3) is 0.462. The highest BCUT2D eigenvalue weighted by atomic mass is 16.5. The minimum Gasteiger partial charge on any atom is -0.497 e.